The van der Waals surface area contributed by atoms with Crippen LogP contribution in [-0.2, 0) is 19.0 Å². The van der Waals surface area contributed by atoms with E-state index in [2.05, 4.69) is 31.1 Å². The van der Waals surface area contributed by atoms with Crippen molar-refractivity contribution in [1.82, 2.24) is 20.0 Å². The summed E-state index contributed by atoms with van der Waals surface area (Å²) >= 11 is 0. The number of ether oxygens (including phenoxy) is 3. The van der Waals surface area contributed by atoms with E-state index in [0.29, 0.717) is 58.3 Å². The van der Waals surface area contributed by atoms with Crippen LogP contribution >= 0.6 is 0 Å². The molecule has 0 aromatic carbocycles. The molecule has 0 aromatic rings. The van der Waals surface area contributed by atoms with Crippen molar-refractivity contribution < 1.29 is 23.8 Å². The first kappa shape index (κ1) is 28.6. The summed E-state index contributed by atoms with van der Waals surface area (Å²) in [7, 11) is 2.04. The highest BCUT2D eigenvalue weighted by Crippen LogP contribution is 2.31. The predicted molar refractivity (Wildman–Crippen MR) is 141 cm³/mol. The number of amides is 2. The quantitative estimate of drug-likeness (QED) is 0.404. The second-order valence-electron chi connectivity index (χ2n) is 11.0. The number of likely N-dealkylation sites (tertiary alicyclic amines) is 1. The van der Waals surface area contributed by atoms with Crippen LogP contribution in [-0.4, -0.2) is 117 Å². The molecule has 4 aliphatic rings. The Labute approximate surface area is 226 Å². The van der Waals surface area contributed by atoms with Gasteiger partial charge in [0.25, 0.3) is 0 Å². The van der Waals surface area contributed by atoms with Crippen molar-refractivity contribution >= 4 is 18.0 Å². The zero-order valence-electron chi connectivity index (χ0n) is 23.0. The van der Waals surface area contributed by atoms with Crippen LogP contribution in [0.1, 0.15) is 58.3 Å². The fourth-order valence-electron chi connectivity index (χ4n) is 6.04. The third-order valence-corrected chi connectivity index (χ3v) is 8.38. The summed E-state index contributed by atoms with van der Waals surface area (Å²) in [5, 5.41) is 13.2. The molecular weight excluding hydrogens is 488 g/mol. The summed E-state index contributed by atoms with van der Waals surface area (Å²) in [5.74, 6) is 0.191. The van der Waals surface area contributed by atoms with Gasteiger partial charge in [-0.05, 0) is 52.5 Å². The zero-order valence-corrected chi connectivity index (χ0v) is 23.0. The van der Waals surface area contributed by atoms with Gasteiger partial charge in [-0.2, -0.15) is 5.26 Å². The predicted octanol–water partition coefficient (Wildman–Crippen LogP) is 1.98. The van der Waals surface area contributed by atoms with E-state index in [0.717, 1.165) is 51.6 Å². The second-order valence-corrected chi connectivity index (χ2v) is 11.0. The van der Waals surface area contributed by atoms with Crippen LogP contribution in [0.5, 0.6) is 0 Å². The first-order valence-corrected chi connectivity index (χ1v) is 14.3. The lowest BCUT2D eigenvalue weighted by Crippen LogP contribution is -2.60. The molecule has 0 bridgehead atoms. The molecule has 4 rings (SSSR count). The number of morpholine rings is 1. The van der Waals surface area contributed by atoms with Crippen LogP contribution in [0, 0.1) is 17.2 Å². The second kappa shape index (κ2) is 13.6. The number of carbonyl (C=O) groups excluding carboxylic acids is 2. The first-order valence-electron chi connectivity index (χ1n) is 14.3. The zero-order chi connectivity index (χ0) is 27.0. The van der Waals surface area contributed by atoms with Gasteiger partial charge in [-0.1, -0.05) is 12.8 Å². The van der Waals surface area contributed by atoms with Gasteiger partial charge in [0.15, 0.2) is 0 Å². The van der Waals surface area contributed by atoms with Crippen molar-refractivity contribution in [2.24, 2.45) is 10.9 Å². The maximum Gasteiger partial charge on any atom is 0.436 e. The van der Waals surface area contributed by atoms with E-state index in [9.17, 15) is 14.9 Å². The number of nitrogens with zero attached hydrogens (tertiary/aromatic N) is 5. The number of guanidine groups is 1. The van der Waals surface area contributed by atoms with Crippen LogP contribution in [0.4, 0.5) is 4.79 Å². The molecule has 3 unspecified atom stereocenters. The summed E-state index contributed by atoms with van der Waals surface area (Å²) in [4.78, 5) is 37.4. The van der Waals surface area contributed by atoms with Gasteiger partial charge in [0.05, 0.1) is 31.3 Å². The number of rotatable bonds is 6. The van der Waals surface area contributed by atoms with E-state index >= 15 is 0 Å². The standard InChI is InChI=1S/C27H44N6O5/c1-3-33(25(32-14-17-36-18-15-32)29-26(35)38-19-21-7-6-16-37-21)23-9-5-4-8-22(23)24(34)30-27(20-28)10-12-31(2)13-11-27/h21-23H,3-19H2,1-2H3,(H,30,34). The largest absolute Gasteiger partial charge is 0.445 e. The Bertz CT molecular complexity index is 872. The molecule has 0 aromatic heterocycles. The first-order chi connectivity index (χ1) is 18.4. The van der Waals surface area contributed by atoms with Crippen LogP contribution in [0.3, 0.4) is 0 Å². The molecule has 3 aliphatic heterocycles. The van der Waals surface area contributed by atoms with Gasteiger partial charge in [-0.3, -0.25) is 4.79 Å². The van der Waals surface area contributed by atoms with Gasteiger partial charge in [-0.25, -0.2) is 4.79 Å². The summed E-state index contributed by atoms with van der Waals surface area (Å²) in [5.41, 5.74) is -0.824. The van der Waals surface area contributed by atoms with Crippen molar-refractivity contribution in [3.63, 3.8) is 0 Å². The molecule has 2 amide bonds. The highest BCUT2D eigenvalue weighted by molar-refractivity contribution is 5.91. The number of piperidine rings is 1. The number of hydrogen-bond donors (Lipinski definition) is 1. The average Bonchev–Trinajstić information content (AvgIpc) is 3.48. The molecular formula is C27H44N6O5. The third kappa shape index (κ3) is 7.16. The molecule has 1 saturated carbocycles. The topological polar surface area (TPSA) is 120 Å². The molecule has 11 heteroatoms. The fraction of sp³-hybridized carbons (Fsp3) is 0.852. The van der Waals surface area contributed by atoms with Gasteiger partial charge in [0.2, 0.25) is 11.9 Å². The Morgan fingerprint density at radius 2 is 1.84 bits per heavy atom. The summed E-state index contributed by atoms with van der Waals surface area (Å²) < 4.78 is 16.6. The molecule has 0 radical (unpaired) electrons. The molecule has 4 fully saturated rings. The summed E-state index contributed by atoms with van der Waals surface area (Å²) in [6.07, 6.45) is 5.93. The van der Waals surface area contributed by atoms with E-state index in [1.807, 2.05) is 14.0 Å². The molecule has 3 atom stereocenters. The van der Waals surface area contributed by atoms with E-state index in [-0.39, 0.29) is 30.6 Å². The van der Waals surface area contributed by atoms with Gasteiger partial charge >= 0.3 is 6.09 Å². The molecule has 1 aliphatic carbocycles. The summed E-state index contributed by atoms with van der Waals surface area (Å²) in [6.45, 7) is 7.42. The Balaban J connectivity index is 1.52. The monoisotopic (exact) mass is 532 g/mol. The van der Waals surface area contributed by atoms with Crippen molar-refractivity contribution in [3.8, 4) is 6.07 Å². The Hall–Kier alpha value is -2.42. The average molecular weight is 533 g/mol. The minimum absolute atomic E-state index is 0.0679. The number of hydrogen-bond acceptors (Lipinski definition) is 7. The molecule has 1 N–H and O–H groups in total. The van der Waals surface area contributed by atoms with Crippen molar-refractivity contribution in [2.75, 3.05) is 66.2 Å². The Morgan fingerprint density at radius 1 is 1.11 bits per heavy atom. The number of carbonyl (C=O) groups is 2. The van der Waals surface area contributed by atoms with Gasteiger partial charge in [-0.15, -0.1) is 4.99 Å². The van der Waals surface area contributed by atoms with E-state index in [1.54, 1.807) is 0 Å². The Morgan fingerprint density at radius 3 is 2.50 bits per heavy atom. The Kier molecular flexibility index (Phi) is 10.2. The fourth-order valence-corrected chi connectivity index (χ4v) is 6.04. The lowest BCUT2D eigenvalue weighted by Gasteiger charge is -2.45. The van der Waals surface area contributed by atoms with Crippen LogP contribution in [0.15, 0.2) is 4.99 Å². The minimum atomic E-state index is -0.824. The van der Waals surface area contributed by atoms with Crippen LogP contribution in [0.25, 0.3) is 0 Å². The molecule has 212 valence electrons. The number of nitriles is 1. The maximum absolute atomic E-state index is 13.7. The van der Waals surface area contributed by atoms with Crippen LogP contribution < -0.4 is 5.32 Å². The van der Waals surface area contributed by atoms with Crippen molar-refractivity contribution in [1.29, 1.82) is 5.26 Å². The molecule has 38 heavy (non-hydrogen) atoms. The van der Waals surface area contributed by atoms with Gasteiger partial charge < -0.3 is 34.2 Å². The highest BCUT2D eigenvalue weighted by atomic mass is 16.6. The van der Waals surface area contributed by atoms with Crippen molar-refractivity contribution in [2.45, 2.75) is 76.0 Å². The lowest BCUT2D eigenvalue weighted by atomic mass is 9.81. The van der Waals surface area contributed by atoms with Crippen LogP contribution in [0.2, 0.25) is 0 Å². The normalized spacial score (nSPS) is 28.4. The van der Waals surface area contributed by atoms with E-state index in [4.69, 9.17) is 14.2 Å². The van der Waals surface area contributed by atoms with Crippen molar-refractivity contribution in [3.05, 3.63) is 0 Å². The van der Waals surface area contributed by atoms with Gasteiger partial charge in [0, 0.05) is 45.4 Å². The third-order valence-electron chi connectivity index (χ3n) is 8.38. The molecule has 3 heterocycles. The maximum atomic E-state index is 13.7. The summed E-state index contributed by atoms with van der Waals surface area (Å²) in [6, 6.07) is 2.29. The van der Waals surface area contributed by atoms with Gasteiger partial charge in [0.1, 0.15) is 12.1 Å². The molecule has 0 spiro atoms. The van der Waals surface area contributed by atoms with E-state index in [1.165, 1.54) is 0 Å². The number of aliphatic imine (C=N–C) groups is 1. The highest BCUT2D eigenvalue weighted by Gasteiger charge is 2.42. The number of nitrogens with one attached hydrogen (secondary N) is 1. The minimum Gasteiger partial charge on any atom is -0.445 e. The molecule has 11 nitrogen and oxygen atoms in total. The smallest absolute Gasteiger partial charge is 0.436 e. The SMILES string of the molecule is CCN(C(=NC(=O)OCC1CCCO1)N1CCOCC1)C1CCCCC1C(=O)NC1(C#N)CCN(C)CC1. The lowest BCUT2D eigenvalue weighted by molar-refractivity contribution is -0.129. The molecule has 3 saturated heterocycles. The van der Waals surface area contributed by atoms with E-state index < -0.39 is 11.6 Å².